The van der Waals surface area contributed by atoms with Gasteiger partial charge in [-0.2, -0.15) is 0 Å². The molecule has 0 spiro atoms. The van der Waals surface area contributed by atoms with E-state index in [1.165, 1.54) is 12.1 Å². The Morgan fingerprint density at radius 1 is 1.32 bits per heavy atom. The van der Waals surface area contributed by atoms with E-state index in [9.17, 15) is 19.6 Å². The highest BCUT2D eigenvalue weighted by Gasteiger charge is 2.25. The molecule has 1 aromatic carbocycles. The molecule has 0 aliphatic rings. The number of aldehydes is 1. The maximum Gasteiger partial charge on any atom is 0.469 e. The minimum Gasteiger partial charge on any atom is -0.426 e. The lowest BCUT2D eigenvalue weighted by molar-refractivity contribution is -0.109. The zero-order chi connectivity index (χ0) is 19.0. The average molecular weight is 390 g/mol. The molecular formula is C15H22BCl2N3O4. The summed E-state index contributed by atoms with van der Waals surface area (Å²) in [5.74, 6) is -0.370. The number of anilines is 1. The lowest BCUT2D eigenvalue weighted by atomic mass is 9.75. The van der Waals surface area contributed by atoms with Gasteiger partial charge in [0, 0.05) is 17.5 Å². The molecule has 0 bridgehead atoms. The van der Waals surface area contributed by atoms with Crippen molar-refractivity contribution in [2.75, 3.05) is 11.9 Å². The maximum absolute atomic E-state index is 12.0. The van der Waals surface area contributed by atoms with Crippen molar-refractivity contribution in [3.05, 3.63) is 28.2 Å². The molecule has 138 valence electrons. The molecule has 5 N–H and O–H groups in total. The van der Waals surface area contributed by atoms with Crippen molar-refractivity contribution in [2.24, 2.45) is 5.92 Å². The van der Waals surface area contributed by atoms with Gasteiger partial charge in [-0.05, 0) is 30.5 Å². The van der Waals surface area contributed by atoms with E-state index in [2.05, 4.69) is 16.0 Å². The molecule has 0 saturated heterocycles. The highest BCUT2D eigenvalue weighted by molar-refractivity contribution is 6.43. The fourth-order valence-corrected chi connectivity index (χ4v) is 2.49. The third kappa shape index (κ3) is 8.07. The molecule has 0 aromatic heterocycles. The normalized spacial score (nSPS) is 13.2. The van der Waals surface area contributed by atoms with Crippen LogP contribution >= 0.6 is 23.2 Å². The Morgan fingerprint density at radius 3 is 2.56 bits per heavy atom. The summed E-state index contributed by atoms with van der Waals surface area (Å²) in [6, 6.07) is 3.12. The van der Waals surface area contributed by atoms with Crippen molar-refractivity contribution in [3.8, 4) is 0 Å². The monoisotopic (exact) mass is 389 g/mol. The Balaban J connectivity index is 2.58. The lowest BCUT2D eigenvalue weighted by Gasteiger charge is -2.22. The van der Waals surface area contributed by atoms with Crippen molar-refractivity contribution < 1.29 is 19.6 Å². The molecule has 0 aliphatic heterocycles. The van der Waals surface area contributed by atoms with Crippen LogP contribution < -0.4 is 16.0 Å². The van der Waals surface area contributed by atoms with Gasteiger partial charge in [0.25, 0.3) is 0 Å². The minimum absolute atomic E-state index is 0.0508. The SMILES string of the molecule is CC(C)C[C@H](NCC(C=O)NC(=O)Nc1cc(Cl)ccc1Cl)B(O)O. The van der Waals surface area contributed by atoms with E-state index < -0.39 is 25.1 Å². The van der Waals surface area contributed by atoms with Gasteiger partial charge < -0.3 is 30.8 Å². The summed E-state index contributed by atoms with van der Waals surface area (Å²) in [7, 11) is -1.56. The van der Waals surface area contributed by atoms with E-state index >= 15 is 0 Å². The Hall–Kier alpha value is -1.32. The predicted molar refractivity (Wildman–Crippen MR) is 99.9 cm³/mol. The second-order valence-corrected chi connectivity index (χ2v) is 6.87. The first-order valence-electron chi connectivity index (χ1n) is 7.80. The third-order valence-corrected chi connectivity index (χ3v) is 3.91. The number of carbonyl (C=O) groups is 2. The molecule has 1 unspecified atom stereocenters. The topological polar surface area (TPSA) is 111 Å². The molecule has 1 rings (SSSR count). The molecule has 0 radical (unpaired) electrons. The second kappa shape index (κ2) is 10.6. The first kappa shape index (κ1) is 21.7. The van der Waals surface area contributed by atoms with E-state index in [-0.39, 0.29) is 12.5 Å². The first-order chi connectivity index (χ1) is 11.7. The summed E-state index contributed by atoms with van der Waals surface area (Å²) in [6.07, 6.45) is 1.07. The highest BCUT2D eigenvalue weighted by Crippen LogP contribution is 2.25. The van der Waals surface area contributed by atoms with Gasteiger partial charge in [-0.3, -0.25) is 0 Å². The standard InChI is InChI=1S/C15H22BCl2N3O4/c1-9(2)5-14(16(24)25)19-7-11(8-22)20-15(23)21-13-6-10(17)3-4-12(13)18/h3-4,6,8-9,11,14,19,24-25H,5,7H2,1-2H3,(H2,20,21,23)/t11?,14-/m0/s1. The zero-order valence-corrected chi connectivity index (χ0v) is 15.5. The summed E-state index contributed by atoms with van der Waals surface area (Å²) in [4.78, 5) is 23.2. The van der Waals surface area contributed by atoms with Gasteiger partial charge in [0.15, 0.2) is 0 Å². The molecule has 0 heterocycles. The predicted octanol–water partition coefficient (Wildman–Crippen LogP) is 1.70. The van der Waals surface area contributed by atoms with Crippen LogP contribution in [0.5, 0.6) is 0 Å². The van der Waals surface area contributed by atoms with Crippen LogP contribution in [-0.4, -0.2) is 48.0 Å². The number of benzene rings is 1. The van der Waals surface area contributed by atoms with Crippen LogP contribution in [0.15, 0.2) is 18.2 Å². The molecule has 0 aliphatic carbocycles. The van der Waals surface area contributed by atoms with Crippen molar-refractivity contribution >= 4 is 48.3 Å². The number of carbonyl (C=O) groups excluding carboxylic acids is 2. The fourth-order valence-electron chi connectivity index (χ4n) is 2.15. The molecule has 25 heavy (non-hydrogen) atoms. The molecular weight excluding hydrogens is 368 g/mol. The molecule has 1 aromatic rings. The Kier molecular flexibility index (Phi) is 9.23. The largest absolute Gasteiger partial charge is 0.469 e. The van der Waals surface area contributed by atoms with Crippen molar-refractivity contribution in [2.45, 2.75) is 32.3 Å². The van der Waals surface area contributed by atoms with E-state index in [0.29, 0.717) is 28.4 Å². The van der Waals surface area contributed by atoms with Gasteiger partial charge in [-0.15, -0.1) is 0 Å². The van der Waals surface area contributed by atoms with Gasteiger partial charge in [-0.25, -0.2) is 4.79 Å². The van der Waals surface area contributed by atoms with Crippen LogP contribution in [0.1, 0.15) is 20.3 Å². The van der Waals surface area contributed by atoms with E-state index in [1.807, 2.05) is 13.8 Å². The Labute approximate surface area is 157 Å². The van der Waals surface area contributed by atoms with Crippen molar-refractivity contribution in [1.82, 2.24) is 10.6 Å². The number of nitrogens with one attached hydrogen (secondary N) is 3. The Morgan fingerprint density at radius 2 is 2.00 bits per heavy atom. The summed E-state index contributed by atoms with van der Waals surface area (Å²) in [5, 5.41) is 27.3. The molecule has 2 atom stereocenters. The number of hydrogen-bond donors (Lipinski definition) is 5. The average Bonchev–Trinajstić information content (AvgIpc) is 2.52. The van der Waals surface area contributed by atoms with Gasteiger partial charge in [-0.1, -0.05) is 37.0 Å². The number of amides is 2. The van der Waals surface area contributed by atoms with E-state index in [4.69, 9.17) is 23.2 Å². The van der Waals surface area contributed by atoms with Crippen LogP contribution in [0.2, 0.25) is 10.0 Å². The van der Waals surface area contributed by atoms with Gasteiger partial charge in [0.05, 0.1) is 16.8 Å². The van der Waals surface area contributed by atoms with Crippen molar-refractivity contribution in [3.63, 3.8) is 0 Å². The number of urea groups is 1. The van der Waals surface area contributed by atoms with Crippen LogP contribution in [-0.2, 0) is 4.79 Å². The quantitative estimate of drug-likeness (QED) is 0.326. The maximum atomic E-state index is 12.0. The number of hydrogen-bond acceptors (Lipinski definition) is 5. The minimum atomic E-state index is -1.56. The van der Waals surface area contributed by atoms with Crippen molar-refractivity contribution in [1.29, 1.82) is 0 Å². The fraction of sp³-hybridized carbons (Fsp3) is 0.467. The van der Waals surface area contributed by atoms with E-state index in [0.717, 1.165) is 0 Å². The summed E-state index contributed by atoms with van der Waals surface area (Å²) in [6.45, 7) is 3.93. The third-order valence-electron chi connectivity index (χ3n) is 3.34. The number of halogens is 2. The molecule has 0 saturated carbocycles. The van der Waals surface area contributed by atoms with Gasteiger partial charge in [0.2, 0.25) is 0 Å². The first-order valence-corrected chi connectivity index (χ1v) is 8.56. The second-order valence-electron chi connectivity index (χ2n) is 6.02. The lowest BCUT2D eigenvalue weighted by Crippen LogP contribution is -2.51. The van der Waals surface area contributed by atoms with Crippen LogP contribution in [0.4, 0.5) is 10.5 Å². The Bertz CT molecular complexity index is 590. The molecule has 2 amide bonds. The highest BCUT2D eigenvalue weighted by atomic mass is 35.5. The van der Waals surface area contributed by atoms with Gasteiger partial charge >= 0.3 is 13.1 Å². The summed E-state index contributed by atoms with van der Waals surface area (Å²) < 4.78 is 0. The van der Waals surface area contributed by atoms with Gasteiger partial charge in [0.1, 0.15) is 6.29 Å². The van der Waals surface area contributed by atoms with Crippen LogP contribution in [0.25, 0.3) is 0 Å². The smallest absolute Gasteiger partial charge is 0.426 e. The van der Waals surface area contributed by atoms with E-state index in [1.54, 1.807) is 6.07 Å². The van der Waals surface area contributed by atoms with Crippen LogP contribution in [0.3, 0.4) is 0 Å². The molecule has 10 heteroatoms. The summed E-state index contributed by atoms with van der Waals surface area (Å²) in [5.41, 5.74) is 0.313. The van der Waals surface area contributed by atoms with Crippen LogP contribution in [0, 0.1) is 5.92 Å². The summed E-state index contributed by atoms with van der Waals surface area (Å²) >= 11 is 11.8. The zero-order valence-electron chi connectivity index (χ0n) is 14.0. The number of rotatable bonds is 9. The molecule has 7 nitrogen and oxygen atoms in total. The molecule has 0 fully saturated rings.